The lowest BCUT2D eigenvalue weighted by atomic mass is 10.0. The van der Waals surface area contributed by atoms with Crippen molar-refractivity contribution < 1.29 is 13.9 Å². The van der Waals surface area contributed by atoms with E-state index in [4.69, 9.17) is 4.74 Å². The zero-order valence-electron chi connectivity index (χ0n) is 22.1. The SMILES string of the molecule is CCCCC(=O)Nc1cncc(-c2ccc3[nH]nc(-c4cc5c(-c6cc(F)cc(OC)c6)nccc5[nH]4)c3c2)c1. The number of anilines is 1. The maximum Gasteiger partial charge on any atom is 0.224 e. The van der Waals surface area contributed by atoms with Crippen LogP contribution in [0.2, 0.25) is 0 Å². The van der Waals surface area contributed by atoms with Gasteiger partial charge in [0.05, 0.1) is 35.9 Å². The van der Waals surface area contributed by atoms with Crippen molar-refractivity contribution in [1.82, 2.24) is 25.1 Å². The zero-order chi connectivity index (χ0) is 27.6. The first-order chi connectivity index (χ1) is 19.5. The van der Waals surface area contributed by atoms with Gasteiger partial charge < -0.3 is 15.0 Å². The molecule has 6 rings (SSSR count). The molecule has 0 unspecified atom stereocenters. The summed E-state index contributed by atoms with van der Waals surface area (Å²) in [5, 5.41) is 12.4. The second kappa shape index (κ2) is 10.6. The summed E-state index contributed by atoms with van der Waals surface area (Å²) in [4.78, 5) is 24.5. The second-order valence-corrected chi connectivity index (χ2v) is 9.63. The largest absolute Gasteiger partial charge is 0.497 e. The number of amides is 1. The highest BCUT2D eigenvalue weighted by Gasteiger charge is 2.16. The normalized spacial score (nSPS) is 11.3. The maximum absolute atomic E-state index is 14.3. The first-order valence-electron chi connectivity index (χ1n) is 13.1. The van der Waals surface area contributed by atoms with Crippen molar-refractivity contribution >= 4 is 33.4 Å². The van der Waals surface area contributed by atoms with Gasteiger partial charge in [-0.25, -0.2) is 4.39 Å². The van der Waals surface area contributed by atoms with E-state index < -0.39 is 5.82 Å². The molecule has 0 spiro atoms. The number of pyridine rings is 2. The van der Waals surface area contributed by atoms with Crippen LogP contribution in [0.4, 0.5) is 10.1 Å². The molecule has 0 atom stereocenters. The van der Waals surface area contributed by atoms with Gasteiger partial charge in [-0.1, -0.05) is 19.4 Å². The van der Waals surface area contributed by atoms with Crippen molar-refractivity contribution in [1.29, 1.82) is 0 Å². The van der Waals surface area contributed by atoms with Crippen molar-refractivity contribution in [2.24, 2.45) is 0 Å². The molecule has 0 saturated carbocycles. The van der Waals surface area contributed by atoms with E-state index in [0.29, 0.717) is 29.1 Å². The average molecular weight is 535 g/mol. The summed E-state index contributed by atoms with van der Waals surface area (Å²) in [7, 11) is 1.51. The van der Waals surface area contributed by atoms with E-state index in [-0.39, 0.29) is 5.91 Å². The van der Waals surface area contributed by atoms with Crippen molar-refractivity contribution in [3.63, 3.8) is 0 Å². The van der Waals surface area contributed by atoms with Crippen molar-refractivity contribution in [3.05, 3.63) is 79.0 Å². The van der Waals surface area contributed by atoms with E-state index in [0.717, 1.165) is 57.2 Å². The lowest BCUT2D eigenvalue weighted by Crippen LogP contribution is -2.11. The number of nitrogens with zero attached hydrogens (tertiary/aromatic N) is 3. The van der Waals surface area contributed by atoms with Crippen LogP contribution in [0.1, 0.15) is 26.2 Å². The molecular formula is C31H27FN6O2. The molecule has 0 bridgehead atoms. The first-order valence-corrected chi connectivity index (χ1v) is 13.1. The maximum atomic E-state index is 14.3. The molecule has 3 N–H and O–H groups in total. The van der Waals surface area contributed by atoms with Crippen LogP contribution in [0.25, 0.3) is 55.6 Å². The fourth-order valence-electron chi connectivity index (χ4n) is 4.85. The minimum atomic E-state index is -0.395. The van der Waals surface area contributed by atoms with Crippen molar-refractivity contribution in [2.45, 2.75) is 26.2 Å². The Balaban J connectivity index is 1.38. The van der Waals surface area contributed by atoms with E-state index >= 15 is 0 Å². The third-order valence-electron chi connectivity index (χ3n) is 6.86. The predicted octanol–water partition coefficient (Wildman–Crippen LogP) is 7.11. The van der Waals surface area contributed by atoms with Gasteiger partial charge in [0, 0.05) is 52.3 Å². The van der Waals surface area contributed by atoms with Crippen LogP contribution in [0.5, 0.6) is 5.75 Å². The topological polar surface area (TPSA) is 109 Å². The van der Waals surface area contributed by atoms with Gasteiger partial charge in [-0.15, -0.1) is 0 Å². The summed E-state index contributed by atoms with van der Waals surface area (Å²) in [5.74, 6) is 0.0148. The number of carbonyl (C=O) groups excluding carboxylic acids is 1. The lowest BCUT2D eigenvalue weighted by molar-refractivity contribution is -0.116. The molecule has 40 heavy (non-hydrogen) atoms. The fraction of sp³-hybridized carbons (Fsp3) is 0.161. The van der Waals surface area contributed by atoms with Crippen LogP contribution in [0.15, 0.2) is 73.2 Å². The average Bonchev–Trinajstić information content (AvgIpc) is 3.59. The van der Waals surface area contributed by atoms with Crippen LogP contribution in [0, 0.1) is 5.82 Å². The molecule has 0 aliphatic rings. The van der Waals surface area contributed by atoms with Crippen LogP contribution in [-0.4, -0.2) is 38.2 Å². The highest BCUT2D eigenvalue weighted by Crippen LogP contribution is 2.35. The molecule has 9 heteroatoms. The summed E-state index contributed by atoms with van der Waals surface area (Å²) >= 11 is 0. The van der Waals surface area contributed by atoms with E-state index in [9.17, 15) is 9.18 Å². The number of aromatic amines is 2. The van der Waals surface area contributed by atoms with Crippen molar-refractivity contribution in [2.75, 3.05) is 12.4 Å². The second-order valence-electron chi connectivity index (χ2n) is 9.63. The van der Waals surface area contributed by atoms with Crippen LogP contribution < -0.4 is 10.1 Å². The number of carbonyl (C=O) groups is 1. The number of nitrogens with one attached hydrogen (secondary N) is 3. The van der Waals surface area contributed by atoms with E-state index in [1.54, 1.807) is 24.7 Å². The quantitative estimate of drug-likeness (QED) is 0.193. The Kier molecular flexibility index (Phi) is 6.69. The Hall–Kier alpha value is -5.05. The molecule has 0 radical (unpaired) electrons. The number of fused-ring (bicyclic) bond motifs is 2. The number of H-pyrrole nitrogens is 2. The highest BCUT2D eigenvalue weighted by atomic mass is 19.1. The van der Waals surface area contributed by atoms with Crippen molar-refractivity contribution in [3.8, 4) is 39.5 Å². The van der Waals surface area contributed by atoms with Gasteiger partial charge in [0.15, 0.2) is 0 Å². The predicted molar refractivity (Wildman–Crippen MR) is 155 cm³/mol. The molecule has 6 aromatic rings. The highest BCUT2D eigenvalue weighted by molar-refractivity contribution is 6.01. The Morgan fingerprint density at radius 1 is 0.950 bits per heavy atom. The zero-order valence-corrected chi connectivity index (χ0v) is 22.1. The number of rotatable bonds is 8. The molecule has 8 nitrogen and oxygen atoms in total. The number of aromatic nitrogens is 5. The molecule has 4 aromatic heterocycles. The van der Waals surface area contributed by atoms with Gasteiger partial charge in [-0.3, -0.25) is 19.9 Å². The third kappa shape index (κ3) is 4.89. The number of unbranched alkanes of at least 4 members (excludes halogenated alkanes) is 1. The molecular weight excluding hydrogens is 507 g/mol. The summed E-state index contributed by atoms with van der Waals surface area (Å²) in [6.45, 7) is 2.06. The number of halogens is 1. The van der Waals surface area contributed by atoms with E-state index in [1.807, 2.05) is 30.3 Å². The molecule has 0 saturated heterocycles. The monoisotopic (exact) mass is 534 g/mol. The molecule has 0 fully saturated rings. The minimum absolute atomic E-state index is 0.0160. The van der Waals surface area contributed by atoms with Gasteiger partial charge in [0.25, 0.3) is 0 Å². The number of ether oxygens (including phenoxy) is 1. The summed E-state index contributed by atoms with van der Waals surface area (Å²) in [5.41, 5.74) is 7.02. The minimum Gasteiger partial charge on any atom is -0.497 e. The smallest absolute Gasteiger partial charge is 0.224 e. The number of benzene rings is 2. The Morgan fingerprint density at radius 3 is 2.67 bits per heavy atom. The molecule has 4 heterocycles. The number of hydrogen-bond acceptors (Lipinski definition) is 5. The Morgan fingerprint density at radius 2 is 1.82 bits per heavy atom. The number of methoxy groups -OCH3 is 1. The summed E-state index contributed by atoms with van der Waals surface area (Å²) in [6, 6.07) is 16.4. The van der Waals surface area contributed by atoms with Gasteiger partial charge in [-0.05, 0) is 54.4 Å². The molecule has 2 aromatic carbocycles. The molecule has 0 aliphatic carbocycles. The summed E-state index contributed by atoms with van der Waals surface area (Å²) in [6.07, 6.45) is 7.42. The van der Waals surface area contributed by atoms with Gasteiger partial charge >= 0.3 is 0 Å². The first kappa shape index (κ1) is 25.2. The lowest BCUT2D eigenvalue weighted by Gasteiger charge is -2.07. The molecule has 1 amide bonds. The van der Waals surface area contributed by atoms with E-state index in [1.165, 1.54) is 19.2 Å². The van der Waals surface area contributed by atoms with Gasteiger partial charge in [0.1, 0.15) is 17.3 Å². The number of hydrogen-bond donors (Lipinski definition) is 3. The Bertz CT molecular complexity index is 1860. The van der Waals surface area contributed by atoms with Crippen LogP contribution in [-0.2, 0) is 4.79 Å². The van der Waals surface area contributed by atoms with Crippen LogP contribution in [0.3, 0.4) is 0 Å². The third-order valence-corrected chi connectivity index (χ3v) is 6.86. The summed E-state index contributed by atoms with van der Waals surface area (Å²) < 4.78 is 19.5. The Labute approximate surface area is 229 Å². The fourth-order valence-corrected chi connectivity index (χ4v) is 4.85. The van der Waals surface area contributed by atoms with Gasteiger partial charge in [-0.2, -0.15) is 5.10 Å². The molecule has 200 valence electrons. The van der Waals surface area contributed by atoms with Crippen LogP contribution >= 0.6 is 0 Å². The van der Waals surface area contributed by atoms with E-state index in [2.05, 4.69) is 43.5 Å². The standard InChI is InChI=1S/C31H27FN6O2/c1-3-4-5-29(39)35-22-11-20(16-33-17-22)18-6-7-27-24(13-18)31(38-37-27)28-15-25-26(36-28)8-9-34-30(25)19-10-21(32)14-23(12-19)40-2/h6-17,36H,3-5H2,1-2H3,(H,35,39)(H,37,38). The molecule has 0 aliphatic heterocycles. The van der Waals surface area contributed by atoms with Gasteiger partial charge in [0.2, 0.25) is 5.91 Å².